The van der Waals surface area contributed by atoms with Crippen molar-refractivity contribution in [1.29, 1.82) is 0 Å². The van der Waals surface area contributed by atoms with Crippen molar-refractivity contribution in [2.45, 2.75) is 31.9 Å². The zero-order valence-electron chi connectivity index (χ0n) is 11.3. The van der Waals surface area contributed by atoms with Gasteiger partial charge in [-0.3, -0.25) is 0 Å². The highest BCUT2D eigenvalue weighted by molar-refractivity contribution is 5.22. The number of likely N-dealkylation sites (N-methyl/N-ethyl adjacent to an activating group) is 1. The van der Waals surface area contributed by atoms with E-state index in [0.717, 1.165) is 25.6 Å². The second-order valence-electron chi connectivity index (χ2n) is 5.12. The average molecular weight is 248 g/mol. The van der Waals surface area contributed by atoms with Crippen LogP contribution in [-0.2, 0) is 17.8 Å². The smallest absolute Gasteiger partial charge is 0.0717 e. The van der Waals surface area contributed by atoms with Crippen molar-refractivity contribution in [3.8, 4) is 0 Å². The van der Waals surface area contributed by atoms with E-state index in [4.69, 9.17) is 10.5 Å². The van der Waals surface area contributed by atoms with Gasteiger partial charge in [-0.15, -0.1) is 0 Å². The van der Waals surface area contributed by atoms with Crippen LogP contribution in [0, 0.1) is 0 Å². The van der Waals surface area contributed by atoms with Crippen molar-refractivity contribution >= 4 is 0 Å². The first kappa shape index (κ1) is 13.5. The zero-order chi connectivity index (χ0) is 12.8. The number of nitrogens with two attached hydrogens (primary N) is 1. The normalized spacial score (nSPS) is 15.3. The van der Waals surface area contributed by atoms with Crippen LogP contribution in [0.3, 0.4) is 0 Å². The number of hydrogen-bond donors (Lipinski definition) is 1. The Morgan fingerprint density at radius 1 is 1.22 bits per heavy atom. The summed E-state index contributed by atoms with van der Waals surface area (Å²) < 4.78 is 5.70. The van der Waals surface area contributed by atoms with E-state index in [-0.39, 0.29) is 0 Å². The number of nitrogens with zero attached hydrogens (tertiary/aromatic N) is 1. The van der Waals surface area contributed by atoms with E-state index in [1.165, 1.54) is 24.0 Å². The van der Waals surface area contributed by atoms with Gasteiger partial charge in [-0.25, -0.2) is 0 Å². The number of ether oxygens (including phenoxy) is 1. The first-order valence-electron chi connectivity index (χ1n) is 6.85. The van der Waals surface area contributed by atoms with Gasteiger partial charge in [0.15, 0.2) is 0 Å². The molecule has 1 aliphatic carbocycles. The second kappa shape index (κ2) is 6.88. The lowest BCUT2D eigenvalue weighted by Gasteiger charge is -2.15. The highest BCUT2D eigenvalue weighted by Crippen LogP contribution is 2.24. The summed E-state index contributed by atoms with van der Waals surface area (Å²) in [7, 11) is 2.18. The molecule has 0 atom stereocenters. The summed E-state index contributed by atoms with van der Waals surface area (Å²) in [6, 6.07) is 9.37. The van der Waals surface area contributed by atoms with Crippen LogP contribution in [0.2, 0.25) is 0 Å². The first-order chi connectivity index (χ1) is 8.79. The van der Waals surface area contributed by atoms with E-state index in [2.05, 4.69) is 36.2 Å². The van der Waals surface area contributed by atoms with Gasteiger partial charge in [0.05, 0.1) is 13.2 Å². The largest absolute Gasteiger partial charge is 0.375 e. The van der Waals surface area contributed by atoms with Crippen LogP contribution in [0.15, 0.2) is 24.3 Å². The third kappa shape index (κ3) is 4.41. The van der Waals surface area contributed by atoms with Crippen molar-refractivity contribution in [3.63, 3.8) is 0 Å². The molecule has 0 saturated heterocycles. The lowest BCUT2D eigenvalue weighted by atomic mass is 10.1. The van der Waals surface area contributed by atoms with Crippen molar-refractivity contribution in [2.75, 3.05) is 26.7 Å². The lowest BCUT2D eigenvalue weighted by Crippen LogP contribution is -2.25. The average Bonchev–Trinajstić information content (AvgIpc) is 3.21. The molecular weight excluding hydrogens is 224 g/mol. The Hall–Kier alpha value is -0.900. The van der Waals surface area contributed by atoms with E-state index < -0.39 is 0 Å². The molecule has 0 radical (unpaired) electrons. The van der Waals surface area contributed by atoms with Gasteiger partial charge in [-0.2, -0.15) is 0 Å². The predicted molar refractivity (Wildman–Crippen MR) is 74.5 cm³/mol. The maximum atomic E-state index is 5.70. The maximum absolute atomic E-state index is 5.70. The second-order valence-corrected chi connectivity index (χ2v) is 5.12. The van der Waals surface area contributed by atoms with Gasteiger partial charge in [-0.05, 0) is 44.0 Å². The Morgan fingerprint density at radius 2 is 1.89 bits per heavy atom. The monoisotopic (exact) mass is 248 g/mol. The molecule has 1 aromatic carbocycles. The summed E-state index contributed by atoms with van der Waals surface area (Å²) in [5.41, 5.74) is 8.07. The van der Waals surface area contributed by atoms with Crippen LogP contribution < -0.4 is 5.73 Å². The number of benzene rings is 1. The summed E-state index contributed by atoms with van der Waals surface area (Å²) in [6.07, 6.45) is 3.67. The van der Waals surface area contributed by atoms with Crippen LogP contribution in [0.1, 0.15) is 24.0 Å². The summed E-state index contributed by atoms with van der Waals surface area (Å²) in [4.78, 5) is 2.39. The van der Waals surface area contributed by atoms with Gasteiger partial charge in [0.2, 0.25) is 0 Å². The van der Waals surface area contributed by atoms with Crippen molar-refractivity contribution in [1.82, 2.24) is 4.90 Å². The fraction of sp³-hybridized carbons (Fsp3) is 0.600. The van der Waals surface area contributed by atoms with E-state index in [9.17, 15) is 0 Å². The van der Waals surface area contributed by atoms with Crippen molar-refractivity contribution in [3.05, 3.63) is 35.4 Å². The molecule has 100 valence electrons. The molecule has 3 heteroatoms. The van der Waals surface area contributed by atoms with Gasteiger partial charge in [-0.1, -0.05) is 24.3 Å². The van der Waals surface area contributed by atoms with E-state index in [0.29, 0.717) is 13.2 Å². The van der Waals surface area contributed by atoms with E-state index >= 15 is 0 Å². The summed E-state index contributed by atoms with van der Waals surface area (Å²) >= 11 is 0. The number of rotatable bonds is 8. The molecule has 2 rings (SSSR count). The molecule has 0 unspecified atom stereocenters. The molecule has 0 amide bonds. The third-order valence-corrected chi connectivity index (χ3v) is 3.48. The molecule has 0 aromatic heterocycles. The molecular formula is C15H24N2O. The Bertz CT molecular complexity index is 346. The van der Waals surface area contributed by atoms with Crippen LogP contribution in [-0.4, -0.2) is 37.7 Å². The lowest BCUT2D eigenvalue weighted by molar-refractivity contribution is 0.0978. The summed E-state index contributed by atoms with van der Waals surface area (Å²) in [5.74, 6) is 0. The molecule has 0 aliphatic heterocycles. The molecule has 3 nitrogen and oxygen atoms in total. The molecule has 0 heterocycles. The maximum Gasteiger partial charge on any atom is 0.0717 e. The van der Waals surface area contributed by atoms with Crippen LogP contribution >= 0.6 is 0 Å². The summed E-state index contributed by atoms with van der Waals surface area (Å²) in [5, 5.41) is 0. The van der Waals surface area contributed by atoms with Crippen LogP contribution in [0.5, 0.6) is 0 Å². The van der Waals surface area contributed by atoms with Crippen LogP contribution in [0.25, 0.3) is 0 Å². The van der Waals surface area contributed by atoms with Gasteiger partial charge in [0.1, 0.15) is 0 Å². The molecule has 0 spiro atoms. The molecule has 0 bridgehead atoms. The van der Waals surface area contributed by atoms with Crippen LogP contribution in [0.4, 0.5) is 0 Å². The predicted octanol–water partition coefficient (Wildman–Crippen LogP) is 1.80. The van der Waals surface area contributed by atoms with E-state index in [1.807, 2.05) is 0 Å². The molecule has 1 fully saturated rings. The molecule has 18 heavy (non-hydrogen) atoms. The van der Waals surface area contributed by atoms with Crippen molar-refractivity contribution in [2.24, 2.45) is 5.73 Å². The number of hydrogen-bond acceptors (Lipinski definition) is 3. The standard InChI is InChI=1S/C15H24N2O/c1-17(15-6-7-15)10-11-18-12-14-4-2-13(3-5-14)8-9-16/h2-5,15H,6-12,16H2,1H3. The Morgan fingerprint density at radius 3 is 2.50 bits per heavy atom. The minimum atomic E-state index is 0.710. The fourth-order valence-corrected chi connectivity index (χ4v) is 2.07. The van der Waals surface area contributed by atoms with Gasteiger partial charge in [0.25, 0.3) is 0 Å². The van der Waals surface area contributed by atoms with Crippen molar-refractivity contribution < 1.29 is 4.74 Å². The van der Waals surface area contributed by atoms with Gasteiger partial charge >= 0.3 is 0 Å². The first-order valence-corrected chi connectivity index (χ1v) is 6.85. The highest BCUT2D eigenvalue weighted by Gasteiger charge is 2.25. The minimum absolute atomic E-state index is 0.710. The van der Waals surface area contributed by atoms with Gasteiger partial charge < -0.3 is 15.4 Å². The Balaban J connectivity index is 1.63. The highest BCUT2D eigenvalue weighted by atomic mass is 16.5. The molecule has 1 aliphatic rings. The molecule has 1 aromatic rings. The minimum Gasteiger partial charge on any atom is -0.375 e. The Kier molecular flexibility index (Phi) is 5.17. The quantitative estimate of drug-likeness (QED) is 0.713. The molecule has 1 saturated carbocycles. The topological polar surface area (TPSA) is 38.5 Å². The van der Waals surface area contributed by atoms with Gasteiger partial charge in [0, 0.05) is 12.6 Å². The van der Waals surface area contributed by atoms with E-state index in [1.54, 1.807) is 0 Å². The Labute approximate surface area is 110 Å². The summed E-state index contributed by atoms with van der Waals surface area (Å²) in [6.45, 7) is 3.28. The molecule has 2 N–H and O–H groups in total. The third-order valence-electron chi connectivity index (χ3n) is 3.48. The fourth-order valence-electron chi connectivity index (χ4n) is 2.07. The zero-order valence-corrected chi connectivity index (χ0v) is 11.3. The SMILES string of the molecule is CN(CCOCc1ccc(CCN)cc1)C1CC1.